The number of aromatic hydroxyl groups is 1. The molecular weight excluding hydrogens is 414 g/mol. The Morgan fingerprint density at radius 3 is 2.31 bits per heavy atom. The molecule has 0 aliphatic carbocycles. The summed E-state index contributed by atoms with van der Waals surface area (Å²) < 4.78 is 0. The van der Waals surface area contributed by atoms with Gasteiger partial charge in [-0.2, -0.15) is 0 Å². The Morgan fingerprint density at radius 1 is 0.969 bits per heavy atom. The molecule has 9 heteroatoms. The van der Waals surface area contributed by atoms with E-state index in [1.165, 1.54) is 18.2 Å². The number of hydrogen-bond acceptors (Lipinski definition) is 7. The van der Waals surface area contributed by atoms with E-state index in [1.54, 1.807) is 0 Å². The number of hydrogen-bond donors (Lipinski definition) is 5. The molecule has 1 atom stereocenters. The Hall–Kier alpha value is -4.14. The first-order valence-electron chi connectivity index (χ1n) is 10.1. The Balaban J connectivity index is 1.81. The zero-order valence-electron chi connectivity index (χ0n) is 17.3. The van der Waals surface area contributed by atoms with E-state index < -0.39 is 28.5 Å². The second-order valence-corrected chi connectivity index (χ2v) is 7.15. The summed E-state index contributed by atoms with van der Waals surface area (Å²) in [6.07, 6.45) is 0.405. The van der Waals surface area contributed by atoms with Gasteiger partial charge in [-0.25, -0.2) is 0 Å². The lowest BCUT2D eigenvalue weighted by Crippen LogP contribution is -2.37. The SMILES string of the molecule is CCC(Nc1c(Nc2cccc(C(=O)NCCC(=O)O)c2O)c(=O)c1=O)c1ccccc1. The fraction of sp³-hybridized carbons (Fsp3) is 0.217. The Labute approximate surface area is 183 Å². The van der Waals surface area contributed by atoms with E-state index in [9.17, 15) is 24.3 Å². The summed E-state index contributed by atoms with van der Waals surface area (Å²) in [6.45, 7) is 1.84. The summed E-state index contributed by atoms with van der Waals surface area (Å²) in [4.78, 5) is 47.2. The van der Waals surface area contributed by atoms with Crippen LogP contribution >= 0.6 is 0 Å². The molecule has 0 saturated carbocycles. The van der Waals surface area contributed by atoms with Gasteiger partial charge < -0.3 is 26.2 Å². The Morgan fingerprint density at radius 2 is 1.66 bits per heavy atom. The van der Waals surface area contributed by atoms with E-state index in [1.807, 2.05) is 37.3 Å². The minimum atomic E-state index is -1.06. The highest BCUT2D eigenvalue weighted by atomic mass is 16.4. The number of aliphatic carboxylic acids is 1. The molecule has 5 N–H and O–H groups in total. The number of carboxylic acids is 1. The lowest BCUT2D eigenvalue weighted by Gasteiger charge is -2.22. The van der Waals surface area contributed by atoms with Gasteiger partial charge in [-0.05, 0) is 24.1 Å². The summed E-state index contributed by atoms with van der Waals surface area (Å²) in [5, 5.41) is 27.4. The van der Waals surface area contributed by atoms with Crippen molar-refractivity contribution in [2.24, 2.45) is 0 Å². The van der Waals surface area contributed by atoms with Crippen LogP contribution < -0.4 is 26.8 Å². The molecule has 0 aliphatic heterocycles. The van der Waals surface area contributed by atoms with Crippen molar-refractivity contribution >= 4 is 28.9 Å². The van der Waals surface area contributed by atoms with Crippen molar-refractivity contribution in [3.05, 3.63) is 80.1 Å². The van der Waals surface area contributed by atoms with Crippen LogP contribution in [0.1, 0.15) is 41.7 Å². The zero-order chi connectivity index (χ0) is 23.3. The second kappa shape index (κ2) is 9.78. The van der Waals surface area contributed by atoms with Crippen molar-refractivity contribution in [3.8, 4) is 5.75 Å². The van der Waals surface area contributed by atoms with Gasteiger partial charge in [0.05, 0.1) is 23.7 Å². The number of phenolic OH excluding ortho intramolecular Hbond substituents is 1. The summed E-state index contributed by atoms with van der Waals surface area (Å²) >= 11 is 0. The summed E-state index contributed by atoms with van der Waals surface area (Å²) in [6, 6.07) is 13.6. The number of para-hydroxylation sites is 1. The van der Waals surface area contributed by atoms with Crippen molar-refractivity contribution in [1.82, 2.24) is 5.32 Å². The van der Waals surface area contributed by atoms with Gasteiger partial charge >= 0.3 is 5.97 Å². The maximum Gasteiger partial charge on any atom is 0.305 e. The minimum absolute atomic E-state index is 0.00289. The van der Waals surface area contributed by atoms with Gasteiger partial charge in [0.25, 0.3) is 16.8 Å². The molecule has 1 amide bonds. The van der Waals surface area contributed by atoms with Crippen molar-refractivity contribution in [2.45, 2.75) is 25.8 Å². The number of carbonyl (C=O) groups excluding carboxylic acids is 1. The molecule has 3 aromatic carbocycles. The molecule has 0 saturated heterocycles. The van der Waals surface area contributed by atoms with Gasteiger partial charge in [0.1, 0.15) is 11.4 Å². The molecule has 0 bridgehead atoms. The van der Waals surface area contributed by atoms with Crippen LogP contribution in [-0.4, -0.2) is 28.6 Å². The fourth-order valence-electron chi connectivity index (χ4n) is 3.27. The Kier molecular flexibility index (Phi) is 6.89. The molecule has 3 aromatic rings. The van der Waals surface area contributed by atoms with Gasteiger partial charge in [-0.3, -0.25) is 19.2 Å². The van der Waals surface area contributed by atoms with Crippen molar-refractivity contribution in [2.75, 3.05) is 17.2 Å². The van der Waals surface area contributed by atoms with Crippen LogP contribution in [0, 0.1) is 0 Å². The average Bonchev–Trinajstić information content (AvgIpc) is 2.79. The third kappa shape index (κ3) is 4.77. The van der Waals surface area contributed by atoms with Gasteiger partial charge in [0.15, 0.2) is 5.75 Å². The molecule has 0 aliphatic rings. The highest BCUT2D eigenvalue weighted by Crippen LogP contribution is 2.32. The number of nitrogens with one attached hydrogen (secondary N) is 3. The van der Waals surface area contributed by atoms with Crippen molar-refractivity contribution < 1.29 is 19.8 Å². The number of amides is 1. The number of phenols is 1. The maximum absolute atomic E-state index is 12.3. The molecule has 0 fully saturated rings. The largest absolute Gasteiger partial charge is 0.505 e. The van der Waals surface area contributed by atoms with E-state index in [0.717, 1.165) is 5.56 Å². The number of carboxylic acid groups (broad SMARTS) is 1. The van der Waals surface area contributed by atoms with Crippen LogP contribution in [0.2, 0.25) is 0 Å². The van der Waals surface area contributed by atoms with E-state index in [2.05, 4.69) is 16.0 Å². The molecule has 0 spiro atoms. The number of anilines is 3. The lowest BCUT2D eigenvalue weighted by atomic mass is 10.0. The average molecular weight is 437 g/mol. The van der Waals surface area contributed by atoms with E-state index in [-0.39, 0.29) is 41.6 Å². The van der Waals surface area contributed by atoms with Crippen LogP contribution in [0.15, 0.2) is 58.1 Å². The standard InChI is InChI=1S/C23H23N3O6/c1-2-15(13-7-4-3-5-8-13)25-18-19(22(31)21(18)30)26-16-10-6-9-14(20(16)29)23(32)24-12-11-17(27)28/h3-10,15,25-26,29H,2,11-12H2,1H3,(H,24,32)(H,27,28). The predicted molar refractivity (Wildman–Crippen MR) is 120 cm³/mol. The van der Waals surface area contributed by atoms with Gasteiger partial charge in [-0.15, -0.1) is 0 Å². The molecule has 0 aromatic heterocycles. The summed E-state index contributed by atoms with van der Waals surface area (Å²) in [5.41, 5.74) is -0.348. The van der Waals surface area contributed by atoms with Crippen LogP contribution in [0.4, 0.5) is 17.1 Å². The molecule has 0 heterocycles. The van der Waals surface area contributed by atoms with Crippen LogP contribution in [0.25, 0.3) is 0 Å². The van der Waals surface area contributed by atoms with Crippen LogP contribution in [0.5, 0.6) is 5.75 Å². The predicted octanol–water partition coefficient (Wildman–Crippen LogP) is 2.50. The first-order valence-corrected chi connectivity index (χ1v) is 10.1. The first-order chi connectivity index (χ1) is 15.3. The number of rotatable bonds is 10. The smallest absolute Gasteiger partial charge is 0.305 e. The third-order valence-corrected chi connectivity index (χ3v) is 5.00. The van der Waals surface area contributed by atoms with Crippen molar-refractivity contribution in [1.29, 1.82) is 0 Å². The summed E-state index contributed by atoms with van der Waals surface area (Å²) in [7, 11) is 0. The van der Waals surface area contributed by atoms with Gasteiger partial charge in [0, 0.05) is 6.54 Å². The zero-order valence-corrected chi connectivity index (χ0v) is 17.3. The molecule has 32 heavy (non-hydrogen) atoms. The molecule has 9 nitrogen and oxygen atoms in total. The third-order valence-electron chi connectivity index (χ3n) is 5.00. The second-order valence-electron chi connectivity index (χ2n) is 7.15. The maximum atomic E-state index is 12.3. The van der Waals surface area contributed by atoms with Crippen molar-refractivity contribution in [3.63, 3.8) is 0 Å². The normalized spacial score (nSPS) is 11.7. The van der Waals surface area contributed by atoms with E-state index in [4.69, 9.17) is 5.11 Å². The Bertz CT molecular complexity index is 1200. The van der Waals surface area contributed by atoms with Gasteiger partial charge in [0.2, 0.25) is 0 Å². The van der Waals surface area contributed by atoms with Gasteiger partial charge in [-0.1, -0.05) is 43.3 Å². The monoisotopic (exact) mass is 437 g/mol. The lowest BCUT2D eigenvalue weighted by molar-refractivity contribution is -0.136. The number of benzene rings is 2. The highest BCUT2D eigenvalue weighted by Gasteiger charge is 2.25. The summed E-state index contributed by atoms with van der Waals surface area (Å²) in [5.74, 6) is -2.15. The number of carbonyl (C=O) groups is 2. The highest BCUT2D eigenvalue weighted by molar-refractivity contribution is 5.99. The van der Waals surface area contributed by atoms with E-state index >= 15 is 0 Å². The molecule has 1 unspecified atom stereocenters. The first kappa shape index (κ1) is 22.5. The minimum Gasteiger partial charge on any atom is -0.505 e. The molecule has 0 radical (unpaired) electrons. The van der Waals surface area contributed by atoms with E-state index in [0.29, 0.717) is 6.42 Å². The molecule has 3 rings (SSSR count). The van der Waals surface area contributed by atoms with Crippen LogP contribution in [-0.2, 0) is 4.79 Å². The molecule has 166 valence electrons. The fourth-order valence-corrected chi connectivity index (χ4v) is 3.27. The topological polar surface area (TPSA) is 145 Å². The quantitative estimate of drug-likeness (QED) is 0.240. The van der Waals surface area contributed by atoms with Crippen LogP contribution in [0.3, 0.4) is 0 Å². The molecular formula is C23H23N3O6.